The predicted octanol–water partition coefficient (Wildman–Crippen LogP) is 3.07. The van der Waals surface area contributed by atoms with E-state index in [0.717, 1.165) is 50.1 Å². The summed E-state index contributed by atoms with van der Waals surface area (Å²) >= 11 is 0. The van der Waals surface area contributed by atoms with Crippen LogP contribution in [0, 0.1) is 13.8 Å². The Morgan fingerprint density at radius 3 is 2.32 bits per heavy atom. The number of aliphatic carboxylic acids is 1. The standard InChI is InChI=1S/C22H31N5O3S.C2HF3O2/c1-4-5-8-24-22(28)20-14-18(15-25-21(20)27-11-9-23-10-12-27)26-31(29,30)19-7-6-16(2)17(3)13-19;3-2(4,5)1(6)7/h6-7,13-15,23,26H,4-5,8-12H2,1-3H3,(H,24,28);(H,6,7). The lowest BCUT2D eigenvalue weighted by atomic mass is 10.1. The van der Waals surface area contributed by atoms with Gasteiger partial charge in [0, 0.05) is 32.7 Å². The number of nitrogens with one attached hydrogen (secondary N) is 3. The van der Waals surface area contributed by atoms with E-state index in [0.29, 0.717) is 17.9 Å². The molecular weight excluding hydrogens is 527 g/mol. The molecule has 1 aromatic carbocycles. The number of halogens is 3. The molecule has 14 heteroatoms. The van der Waals surface area contributed by atoms with E-state index in [4.69, 9.17) is 9.90 Å². The third kappa shape index (κ3) is 8.87. The van der Waals surface area contributed by atoms with E-state index in [9.17, 15) is 26.4 Å². The Balaban J connectivity index is 0.000000638. The number of pyridine rings is 1. The normalized spacial score (nSPS) is 13.8. The van der Waals surface area contributed by atoms with E-state index in [1.807, 2.05) is 18.7 Å². The number of aromatic nitrogens is 1. The lowest BCUT2D eigenvalue weighted by Gasteiger charge is -2.30. The summed E-state index contributed by atoms with van der Waals surface area (Å²) in [5.41, 5.74) is 2.55. The van der Waals surface area contributed by atoms with Crippen LogP contribution in [-0.4, -0.2) is 69.3 Å². The van der Waals surface area contributed by atoms with Crippen LogP contribution in [-0.2, 0) is 14.8 Å². The van der Waals surface area contributed by atoms with Crippen molar-refractivity contribution in [2.24, 2.45) is 0 Å². The Hall–Kier alpha value is -3.39. The van der Waals surface area contributed by atoms with Gasteiger partial charge in [-0.1, -0.05) is 19.4 Å². The Morgan fingerprint density at radius 2 is 1.76 bits per heavy atom. The molecule has 4 N–H and O–H groups in total. The Labute approximate surface area is 219 Å². The van der Waals surface area contributed by atoms with Crippen molar-refractivity contribution < 1.29 is 36.3 Å². The Bertz CT molecular complexity index is 1230. The van der Waals surface area contributed by atoms with Crippen molar-refractivity contribution in [3.05, 3.63) is 47.2 Å². The topological polar surface area (TPSA) is 141 Å². The third-order valence-electron chi connectivity index (χ3n) is 5.63. The highest BCUT2D eigenvalue weighted by atomic mass is 32.2. The van der Waals surface area contributed by atoms with Crippen LogP contribution in [0.3, 0.4) is 0 Å². The number of piperazine rings is 1. The molecule has 1 saturated heterocycles. The van der Waals surface area contributed by atoms with Gasteiger partial charge in [0.25, 0.3) is 15.9 Å². The number of nitrogens with zero attached hydrogens (tertiary/aromatic N) is 2. The molecule has 38 heavy (non-hydrogen) atoms. The van der Waals surface area contributed by atoms with Gasteiger partial charge in [-0.05, 0) is 49.6 Å². The molecule has 1 aliphatic heterocycles. The number of benzene rings is 1. The molecule has 0 bridgehead atoms. The zero-order valence-electron chi connectivity index (χ0n) is 21.4. The average Bonchev–Trinajstić information content (AvgIpc) is 2.85. The van der Waals surface area contributed by atoms with Crippen molar-refractivity contribution in [1.29, 1.82) is 0 Å². The van der Waals surface area contributed by atoms with Crippen molar-refractivity contribution in [3.8, 4) is 0 Å². The fraction of sp³-hybridized carbons (Fsp3) is 0.458. The first kappa shape index (κ1) is 30.8. The number of hydrogen-bond donors (Lipinski definition) is 4. The summed E-state index contributed by atoms with van der Waals surface area (Å²) in [6.07, 6.45) is -1.76. The van der Waals surface area contributed by atoms with E-state index in [2.05, 4.69) is 27.3 Å². The molecule has 3 rings (SSSR count). The smallest absolute Gasteiger partial charge is 0.475 e. The third-order valence-corrected chi connectivity index (χ3v) is 7.01. The first-order valence-electron chi connectivity index (χ1n) is 11.9. The van der Waals surface area contributed by atoms with E-state index >= 15 is 0 Å². The molecule has 2 aromatic rings. The fourth-order valence-corrected chi connectivity index (χ4v) is 4.50. The van der Waals surface area contributed by atoms with Crippen LogP contribution in [0.25, 0.3) is 0 Å². The maximum atomic E-state index is 12.9. The lowest BCUT2D eigenvalue weighted by molar-refractivity contribution is -0.192. The number of carboxylic acids is 1. The van der Waals surface area contributed by atoms with Gasteiger partial charge in [-0.2, -0.15) is 13.2 Å². The van der Waals surface area contributed by atoms with Crippen molar-refractivity contribution in [2.75, 3.05) is 42.3 Å². The number of alkyl halides is 3. The molecule has 210 valence electrons. The summed E-state index contributed by atoms with van der Waals surface area (Å²) in [6, 6.07) is 6.57. The van der Waals surface area contributed by atoms with Gasteiger partial charge < -0.3 is 20.6 Å². The molecule has 10 nitrogen and oxygen atoms in total. The molecule has 1 fully saturated rings. The second-order valence-corrected chi connectivity index (χ2v) is 10.3. The molecule has 2 heterocycles. The molecular formula is C24H32F3N5O5S. The summed E-state index contributed by atoms with van der Waals surface area (Å²) in [7, 11) is -3.80. The Kier molecular flexibility index (Phi) is 10.9. The highest BCUT2D eigenvalue weighted by Gasteiger charge is 2.38. The van der Waals surface area contributed by atoms with Gasteiger partial charge in [0.1, 0.15) is 5.82 Å². The minimum Gasteiger partial charge on any atom is -0.475 e. The van der Waals surface area contributed by atoms with Crippen molar-refractivity contribution in [2.45, 2.75) is 44.7 Å². The van der Waals surface area contributed by atoms with E-state index in [1.54, 1.807) is 24.3 Å². The molecule has 1 aromatic heterocycles. The highest BCUT2D eigenvalue weighted by molar-refractivity contribution is 7.92. The van der Waals surface area contributed by atoms with E-state index in [-0.39, 0.29) is 16.5 Å². The Morgan fingerprint density at radius 1 is 1.13 bits per heavy atom. The molecule has 0 radical (unpaired) electrons. The number of amides is 1. The van der Waals surface area contributed by atoms with Gasteiger partial charge in [-0.3, -0.25) is 9.52 Å². The number of carboxylic acid groups (broad SMARTS) is 1. The first-order chi connectivity index (χ1) is 17.8. The van der Waals surface area contributed by atoms with Crippen molar-refractivity contribution >= 4 is 33.4 Å². The maximum Gasteiger partial charge on any atom is 0.490 e. The van der Waals surface area contributed by atoms with E-state index in [1.165, 1.54) is 6.20 Å². The number of unbranched alkanes of at least 4 members (excludes halogenated alkanes) is 1. The number of hydrogen-bond acceptors (Lipinski definition) is 7. The summed E-state index contributed by atoms with van der Waals surface area (Å²) in [5, 5.41) is 13.3. The van der Waals surface area contributed by atoms with Gasteiger partial charge in [0.05, 0.1) is 22.3 Å². The average molecular weight is 560 g/mol. The molecule has 0 spiro atoms. The second kappa shape index (κ2) is 13.4. The zero-order valence-corrected chi connectivity index (χ0v) is 22.2. The number of carbonyl (C=O) groups is 2. The molecule has 0 unspecified atom stereocenters. The van der Waals surface area contributed by atoms with Crippen LogP contribution in [0.5, 0.6) is 0 Å². The van der Waals surface area contributed by atoms with Crippen LogP contribution >= 0.6 is 0 Å². The molecule has 0 saturated carbocycles. The van der Waals surface area contributed by atoms with Crippen LogP contribution in [0.2, 0.25) is 0 Å². The summed E-state index contributed by atoms with van der Waals surface area (Å²) in [4.78, 5) is 28.5. The zero-order chi connectivity index (χ0) is 28.5. The van der Waals surface area contributed by atoms with Crippen molar-refractivity contribution in [1.82, 2.24) is 15.6 Å². The molecule has 0 atom stereocenters. The first-order valence-corrected chi connectivity index (χ1v) is 13.4. The number of rotatable bonds is 8. The number of anilines is 2. The van der Waals surface area contributed by atoms with Gasteiger partial charge in [-0.15, -0.1) is 0 Å². The second-order valence-electron chi connectivity index (χ2n) is 8.60. The molecule has 0 aliphatic carbocycles. The van der Waals surface area contributed by atoms with Crippen LogP contribution in [0.1, 0.15) is 41.3 Å². The van der Waals surface area contributed by atoms with Gasteiger partial charge in [-0.25, -0.2) is 18.2 Å². The number of carbonyl (C=O) groups excluding carboxylic acids is 1. The van der Waals surface area contributed by atoms with E-state index < -0.39 is 22.2 Å². The highest BCUT2D eigenvalue weighted by Crippen LogP contribution is 2.24. The summed E-state index contributed by atoms with van der Waals surface area (Å²) < 4.78 is 60.1. The number of aryl methyl sites for hydroxylation is 2. The maximum absolute atomic E-state index is 12.9. The summed E-state index contributed by atoms with van der Waals surface area (Å²) in [6.45, 7) is 9.50. The lowest BCUT2D eigenvalue weighted by Crippen LogP contribution is -2.44. The monoisotopic (exact) mass is 559 g/mol. The quantitative estimate of drug-likeness (QED) is 0.362. The van der Waals surface area contributed by atoms with Gasteiger partial charge in [0.15, 0.2) is 0 Å². The minimum atomic E-state index is -5.08. The van der Waals surface area contributed by atoms with Crippen molar-refractivity contribution in [3.63, 3.8) is 0 Å². The fourth-order valence-electron chi connectivity index (χ4n) is 3.38. The minimum absolute atomic E-state index is 0.177. The predicted molar refractivity (Wildman–Crippen MR) is 137 cm³/mol. The molecule has 1 aliphatic rings. The van der Waals surface area contributed by atoms with Gasteiger partial charge >= 0.3 is 12.1 Å². The largest absolute Gasteiger partial charge is 0.490 e. The van der Waals surface area contributed by atoms with Crippen LogP contribution in [0.4, 0.5) is 24.7 Å². The molecule has 1 amide bonds. The van der Waals surface area contributed by atoms with Crippen LogP contribution < -0.4 is 20.3 Å². The summed E-state index contributed by atoms with van der Waals surface area (Å²) in [5.74, 6) is -2.43. The van der Waals surface area contributed by atoms with Crippen LogP contribution in [0.15, 0.2) is 35.4 Å². The van der Waals surface area contributed by atoms with Gasteiger partial charge in [0.2, 0.25) is 0 Å². The number of sulfonamides is 1. The SMILES string of the molecule is CCCCNC(=O)c1cc(NS(=O)(=O)c2ccc(C)c(C)c2)cnc1N1CCNCC1.O=C(O)C(F)(F)F.